The SMILES string of the molecule is CC(C)(C)OC(=O)[C@H]1CCC(=O)N1[C@@H]1ON(C(=O)OC(C)(C)C)C[C@@H](O)[C@H]1O. The van der Waals surface area contributed by atoms with Crippen molar-refractivity contribution in [1.29, 1.82) is 0 Å². The van der Waals surface area contributed by atoms with Crippen LogP contribution in [0.15, 0.2) is 0 Å². The molecule has 0 saturated carbocycles. The molecule has 2 N–H and O–H groups in total. The fourth-order valence-corrected chi connectivity index (χ4v) is 2.97. The fraction of sp³-hybridized carbons (Fsp3) is 0.833. The fourth-order valence-electron chi connectivity index (χ4n) is 2.97. The molecule has 28 heavy (non-hydrogen) atoms. The lowest BCUT2D eigenvalue weighted by Gasteiger charge is -2.43. The first-order chi connectivity index (χ1) is 12.7. The summed E-state index contributed by atoms with van der Waals surface area (Å²) in [4.78, 5) is 43.8. The maximum absolute atomic E-state index is 12.5. The zero-order valence-corrected chi connectivity index (χ0v) is 17.2. The van der Waals surface area contributed by atoms with E-state index in [9.17, 15) is 24.6 Å². The number of aliphatic hydroxyl groups excluding tert-OH is 2. The predicted octanol–water partition coefficient (Wildman–Crippen LogP) is 0.549. The van der Waals surface area contributed by atoms with E-state index in [0.717, 1.165) is 9.96 Å². The Hall–Kier alpha value is -1.91. The van der Waals surface area contributed by atoms with Crippen molar-refractivity contribution < 1.29 is 38.9 Å². The maximum Gasteiger partial charge on any atom is 0.434 e. The van der Waals surface area contributed by atoms with Gasteiger partial charge in [-0.1, -0.05) is 0 Å². The third-order valence-corrected chi connectivity index (χ3v) is 4.08. The molecule has 0 bridgehead atoms. The van der Waals surface area contributed by atoms with Gasteiger partial charge in [0.2, 0.25) is 5.91 Å². The van der Waals surface area contributed by atoms with Crippen LogP contribution >= 0.6 is 0 Å². The number of rotatable bonds is 2. The van der Waals surface area contributed by atoms with Gasteiger partial charge in [0.05, 0.1) is 6.54 Å². The molecule has 10 heteroatoms. The van der Waals surface area contributed by atoms with Crippen LogP contribution in [0.3, 0.4) is 0 Å². The second-order valence-corrected chi connectivity index (χ2v) is 8.98. The van der Waals surface area contributed by atoms with E-state index in [2.05, 4.69) is 0 Å². The van der Waals surface area contributed by atoms with Crippen molar-refractivity contribution in [3.8, 4) is 0 Å². The van der Waals surface area contributed by atoms with E-state index in [1.807, 2.05) is 0 Å². The zero-order valence-electron chi connectivity index (χ0n) is 17.2. The molecule has 0 spiro atoms. The summed E-state index contributed by atoms with van der Waals surface area (Å²) in [5.41, 5.74) is -1.57. The van der Waals surface area contributed by atoms with Gasteiger partial charge in [-0.25, -0.2) is 14.4 Å². The Morgan fingerprint density at radius 2 is 1.64 bits per heavy atom. The molecule has 2 fully saturated rings. The minimum Gasteiger partial charge on any atom is -0.458 e. The number of β-amino-alcohol motifs (C(OH)–C–C–N with tert-alkyl or cyclic N) is 1. The van der Waals surface area contributed by atoms with Crippen LogP contribution in [0.5, 0.6) is 0 Å². The number of ether oxygens (including phenoxy) is 2. The van der Waals surface area contributed by atoms with Gasteiger partial charge in [0.25, 0.3) is 0 Å². The van der Waals surface area contributed by atoms with Crippen LogP contribution in [0.4, 0.5) is 4.79 Å². The average molecular weight is 402 g/mol. The Balaban J connectivity index is 2.22. The topological polar surface area (TPSA) is 126 Å². The number of hydroxylamine groups is 2. The van der Waals surface area contributed by atoms with Gasteiger partial charge in [-0.05, 0) is 48.0 Å². The summed E-state index contributed by atoms with van der Waals surface area (Å²) in [7, 11) is 0. The summed E-state index contributed by atoms with van der Waals surface area (Å²) in [6.45, 7) is 9.76. The number of likely N-dealkylation sites (tertiary alicyclic amines) is 1. The number of nitrogens with zero attached hydrogens (tertiary/aromatic N) is 2. The summed E-state index contributed by atoms with van der Waals surface area (Å²) < 4.78 is 10.6. The predicted molar refractivity (Wildman–Crippen MR) is 95.5 cm³/mol. The molecule has 0 aromatic rings. The maximum atomic E-state index is 12.5. The number of carbonyl (C=O) groups excluding carboxylic acids is 3. The minimum absolute atomic E-state index is 0.0546. The van der Waals surface area contributed by atoms with E-state index in [0.29, 0.717) is 0 Å². The van der Waals surface area contributed by atoms with Crippen LogP contribution in [-0.4, -0.2) is 80.4 Å². The van der Waals surface area contributed by atoms with E-state index in [4.69, 9.17) is 14.3 Å². The molecule has 0 aromatic carbocycles. The summed E-state index contributed by atoms with van der Waals surface area (Å²) in [5.74, 6) is -1.09. The number of amides is 2. The Kier molecular flexibility index (Phi) is 6.27. The van der Waals surface area contributed by atoms with E-state index < -0.39 is 53.6 Å². The van der Waals surface area contributed by atoms with Crippen LogP contribution in [0.25, 0.3) is 0 Å². The number of aliphatic hydroxyl groups is 2. The zero-order chi connectivity index (χ0) is 21.4. The highest BCUT2D eigenvalue weighted by atomic mass is 16.8. The third kappa shape index (κ3) is 5.33. The van der Waals surface area contributed by atoms with E-state index in [1.54, 1.807) is 41.5 Å². The first-order valence-corrected chi connectivity index (χ1v) is 9.27. The quantitative estimate of drug-likeness (QED) is 0.642. The molecule has 0 unspecified atom stereocenters. The largest absolute Gasteiger partial charge is 0.458 e. The van der Waals surface area contributed by atoms with Crippen LogP contribution in [0.2, 0.25) is 0 Å². The molecular formula is C18H30N2O8. The van der Waals surface area contributed by atoms with Gasteiger partial charge < -0.3 is 19.7 Å². The summed E-state index contributed by atoms with van der Waals surface area (Å²) >= 11 is 0. The third-order valence-electron chi connectivity index (χ3n) is 4.08. The van der Waals surface area contributed by atoms with E-state index >= 15 is 0 Å². The van der Waals surface area contributed by atoms with Gasteiger partial charge in [-0.15, -0.1) is 0 Å². The average Bonchev–Trinajstić information content (AvgIpc) is 2.88. The molecule has 2 rings (SSSR count). The molecule has 2 aliphatic heterocycles. The normalized spacial score (nSPS) is 29.1. The van der Waals surface area contributed by atoms with Gasteiger partial charge in [-0.2, -0.15) is 5.06 Å². The lowest BCUT2D eigenvalue weighted by atomic mass is 10.1. The lowest BCUT2D eigenvalue weighted by Crippen LogP contribution is -2.63. The van der Waals surface area contributed by atoms with Gasteiger partial charge >= 0.3 is 12.1 Å². The lowest BCUT2D eigenvalue weighted by molar-refractivity contribution is -0.299. The minimum atomic E-state index is -1.51. The number of carbonyl (C=O) groups is 3. The van der Waals surface area contributed by atoms with Gasteiger partial charge in [0, 0.05) is 6.42 Å². The molecule has 0 aromatic heterocycles. The molecule has 2 saturated heterocycles. The van der Waals surface area contributed by atoms with Crippen molar-refractivity contribution in [2.45, 2.75) is 90.1 Å². The molecule has 0 aliphatic carbocycles. The first-order valence-electron chi connectivity index (χ1n) is 9.27. The molecular weight excluding hydrogens is 372 g/mol. The first kappa shape index (κ1) is 22.4. The second-order valence-electron chi connectivity index (χ2n) is 8.98. The van der Waals surface area contributed by atoms with Crippen molar-refractivity contribution in [1.82, 2.24) is 9.96 Å². The second kappa shape index (κ2) is 7.84. The van der Waals surface area contributed by atoms with Gasteiger partial charge in [0.1, 0.15) is 29.5 Å². The summed E-state index contributed by atoms with van der Waals surface area (Å²) in [5, 5.41) is 21.3. The molecule has 10 nitrogen and oxygen atoms in total. The Bertz CT molecular complexity index is 624. The van der Waals surface area contributed by atoms with Crippen molar-refractivity contribution in [2.75, 3.05) is 6.54 Å². The molecule has 2 aliphatic rings. The molecule has 0 radical (unpaired) electrons. The Labute approximate surface area is 164 Å². The van der Waals surface area contributed by atoms with Crippen LogP contribution in [0.1, 0.15) is 54.4 Å². The smallest absolute Gasteiger partial charge is 0.434 e. The monoisotopic (exact) mass is 402 g/mol. The van der Waals surface area contributed by atoms with Crippen LogP contribution in [-0.2, 0) is 23.9 Å². The van der Waals surface area contributed by atoms with Crippen molar-refractivity contribution in [3.63, 3.8) is 0 Å². The summed E-state index contributed by atoms with van der Waals surface area (Å²) in [6.07, 6.45) is -4.96. The number of esters is 1. The molecule has 2 amide bonds. The van der Waals surface area contributed by atoms with E-state index in [1.165, 1.54) is 0 Å². The molecule has 2 heterocycles. The highest BCUT2D eigenvalue weighted by Gasteiger charge is 2.50. The van der Waals surface area contributed by atoms with Crippen molar-refractivity contribution in [3.05, 3.63) is 0 Å². The van der Waals surface area contributed by atoms with Crippen LogP contribution < -0.4 is 0 Å². The highest BCUT2D eigenvalue weighted by Crippen LogP contribution is 2.30. The molecule has 160 valence electrons. The van der Waals surface area contributed by atoms with Crippen molar-refractivity contribution >= 4 is 18.0 Å². The van der Waals surface area contributed by atoms with Crippen LogP contribution in [0, 0.1) is 0 Å². The van der Waals surface area contributed by atoms with Gasteiger partial charge in [-0.3, -0.25) is 9.69 Å². The number of hydrogen-bond acceptors (Lipinski definition) is 8. The number of hydrogen-bond donors (Lipinski definition) is 2. The Morgan fingerprint density at radius 1 is 1.07 bits per heavy atom. The van der Waals surface area contributed by atoms with Crippen molar-refractivity contribution in [2.24, 2.45) is 0 Å². The highest BCUT2D eigenvalue weighted by molar-refractivity contribution is 5.88. The van der Waals surface area contributed by atoms with E-state index in [-0.39, 0.29) is 19.4 Å². The van der Waals surface area contributed by atoms with Gasteiger partial charge in [0.15, 0.2) is 6.23 Å². The summed E-state index contributed by atoms with van der Waals surface area (Å²) in [6, 6.07) is -0.989. The molecule has 4 atom stereocenters. The standard InChI is InChI=1S/C18H30N2O8/c1-17(2,3)26-15(24)10-7-8-12(22)20(10)14-13(23)11(21)9-19(28-14)16(25)27-18(4,5)6/h10-11,13-14,21,23H,7-9H2,1-6H3/t10-,11-,13-,14-/m1/s1. The Morgan fingerprint density at radius 3 is 2.18 bits per heavy atom.